The molecule has 0 bridgehead atoms. The van der Waals surface area contributed by atoms with Crippen molar-refractivity contribution in [2.75, 3.05) is 39.8 Å². The van der Waals surface area contributed by atoms with Gasteiger partial charge in [-0.2, -0.15) is 4.31 Å². The van der Waals surface area contributed by atoms with Crippen LogP contribution in [0, 0.1) is 17.0 Å². The summed E-state index contributed by atoms with van der Waals surface area (Å²) in [4.78, 5) is 24.1. The Labute approximate surface area is 165 Å². The second kappa shape index (κ2) is 9.98. The van der Waals surface area contributed by atoms with Crippen LogP contribution in [0.4, 0.5) is 5.69 Å². The normalized spacial score (nSPS) is 15.3. The molecule has 11 heteroatoms. The molecule has 1 saturated heterocycles. The summed E-state index contributed by atoms with van der Waals surface area (Å²) in [7, 11) is -2.01. The summed E-state index contributed by atoms with van der Waals surface area (Å²) in [5, 5.41) is 13.9. The summed E-state index contributed by atoms with van der Waals surface area (Å²) in [6.45, 7) is 3.38. The van der Waals surface area contributed by atoms with Crippen LogP contribution in [0.25, 0.3) is 0 Å². The van der Waals surface area contributed by atoms with Gasteiger partial charge in [-0.25, -0.2) is 8.42 Å². The molecule has 9 nitrogen and oxygen atoms in total. The third-order valence-corrected chi connectivity index (χ3v) is 6.45. The van der Waals surface area contributed by atoms with E-state index in [9.17, 15) is 23.3 Å². The monoisotopic (exact) mass is 420 g/mol. The second-order valence-electron chi connectivity index (χ2n) is 6.20. The molecule has 1 aliphatic heterocycles. The van der Waals surface area contributed by atoms with Crippen molar-refractivity contribution >= 4 is 34.0 Å². The highest BCUT2D eigenvalue weighted by Crippen LogP contribution is 2.25. The van der Waals surface area contributed by atoms with Crippen LogP contribution < -0.4 is 5.32 Å². The van der Waals surface area contributed by atoms with Crippen LogP contribution in [0.3, 0.4) is 0 Å². The number of piperazine rings is 1. The van der Waals surface area contributed by atoms with E-state index in [0.717, 1.165) is 19.0 Å². The van der Waals surface area contributed by atoms with Gasteiger partial charge in [-0.3, -0.25) is 14.9 Å². The molecular weight excluding hydrogens is 396 g/mol. The van der Waals surface area contributed by atoms with Gasteiger partial charge in [-0.05, 0) is 32.5 Å². The van der Waals surface area contributed by atoms with E-state index in [2.05, 4.69) is 5.32 Å². The number of nitrogens with one attached hydrogen (secondary N) is 1. The first-order valence-electron chi connectivity index (χ1n) is 8.45. The van der Waals surface area contributed by atoms with Gasteiger partial charge in [0.2, 0.25) is 15.9 Å². The zero-order valence-corrected chi connectivity index (χ0v) is 17.0. The Balaban J connectivity index is 0.00000364. The first kappa shape index (κ1) is 23.3. The quantitative estimate of drug-likeness (QED) is 0.402. The number of benzene rings is 1. The van der Waals surface area contributed by atoms with Crippen LogP contribution >= 0.6 is 12.4 Å². The molecule has 2 rings (SSSR count). The number of amides is 1. The van der Waals surface area contributed by atoms with Crippen LogP contribution in [0.2, 0.25) is 0 Å². The molecule has 1 N–H and O–H groups in total. The van der Waals surface area contributed by atoms with E-state index in [0.29, 0.717) is 25.1 Å². The van der Waals surface area contributed by atoms with Gasteiger partial charge in [0.15, 0.2) is 0 Å². The highest BCUT2D eigenvalue weighted by Gasteiger charge is 2.31. The average molecular weight is 421 g/mol. The minimum absolute atomic E-state index is 0. The number of rotatable bonds is 7. The van der Waals surface area contributed by atoms with Gasteiger partial charge in [0.05, 0.1) is 9.82 Å². The SMILES string of the molecule is CNCCCC(=O)N1CCN(S(=O)(=O)c2cc([N+](=O)[O-])ccc2C)CC1.Cl. The fraction of sp³-hybridized carbons (Fsp3) is 0.562. The van der Waals surface area contributed by atoms with Crippen LogP contribution in [-0.2, 0) is 14.8 Å². The molecule has 0 unspecified atom stereocenters. The number of hydrogen-bond acceptors (Lipinski definition) is 6. The molecule has 1 heterocycles. The first-order valence-corrected chi connectivity index (χ1v) is 9.89. The lowest BCUT2D eigenvalue weighted by molar-refractivity contribution is -0.385. The molecule has 1 aliphatic rings. The lowest BCUT2D eigenvalue weighted by Crippen LogP contribution is -2.50. The summed E-state index contributed by atoms with van der Waals surface area (Å²) < 4.78 is 27.0. The van der Waals surface area contributed by atoms with Gasteiger partial charge in [-0.15, -0.1) is 12.4 Å². The Morgan fingerprint density at radius 3 is 2.44 bits per heavy atom. The highest BCUT2D eigenvalue weighted by molar-refractivity contribution is 7.89. The van der Waals surface area contributed by atoms with Crippen LogP contribution in [0.15, 0.2) is 23.1 Å². The molecule has 0 aliphatic carbocycles. The number of non-ortho nitro benzene ring substituents is 1. The Morgan fingerprint density at radius 2 is 1.89 bits per heavy atom. The first-order chi connectivity index (χ1) is 12.3. The van der Waals surface area contributed by atoms with Crippen molar-refractivity contribution in [1.29, 1.82) is 0 Å². The fourth-order valence-corrected chi connectivity index (χ4v) is 4.54. The van der Waals surface area contributed by atoms with E-state index in [-0.39, 0.29) is 42.0 Å². The zero-order valence-electron chi connectivity index (χ0n) is 15.4. The number of aryl methyl sites for hydroxylation is 1. The van der Waals surface area contributed by atoms with Crippen molar-refractivity contribution in [3.05, 3.63) is 33.9 Å². The standard InChI is InChI=1S/C16H24N4O5S.ClH/c1-13-5-6-14(20(22)23)12-15(13)26(24,25)19-10-8-18(9-11-19)16(21)4-3-7-17-2;/h5-6,12,17H,3-4,7-11H2,1-2H3;1H. The second-order valence-corrected chi connectivity index (χ2v) is 8.11. The number of carbonyl (C=O) groups is 1. The summed E-state index contributed by atoms with van der Waals surface area (Å²) in [6.07, 6.45) is 1.16. The van der Waals surface area contributed by atoms with Crippen molar-refractivity contribution in [3.8, 4) is 0 Å². The third kappa shape index (κ3) is 5.61. The summed E-state index contributed by atoms with van der Waals surface area (Å²) in [5.74, 6) is 0.0174. The number of carbonyl (C=O) groups excluding carboxylic acids is 1. The lowest BCUT2D eigenvalue weighted by Gasteiger charge is -2.34. The molecule has 1 amide bonds. The maximum Gasteiger partial charge on any atom is 0.270 e. The molecule has 1 aromatic carbocycles. The number of halogens is 1. The smallest absolute Gasteiger partial charge is 0.270 e. The summed E-state index contributed by atoms with van der Waals surface area (Å²) in [5.41, 5.74) is 0.202. The van der Waals surface area contributed by atoms with E-state index >= 15 is 0 Å². The van der Waals surface area contributed by atoms with Crippen molar-refractivity contribution in [3.63, 3.8) is 0 Å². The van der Waals surface area contributed by atoms with E-state index in [1.54, 1.807) is 11.8 Å². The molecule has 27 heavy (non-hydrogen) atoms. The van der Waals surface area contributed by atoms with Gasteiger partial charge >= 0.3 is 0 Å². The minimum atomic E-state index is -3.84. The summed E-state index contributed by atoms with van der Waals surface area (Å²) in [6, 6.07) is 3.82. The van der Waals surface area contributed by atoms with Crippen molar-refractivity contribution in [2.24, 2.45) is 0 Å². The molecule has 0 aromatic heterocycles. The van der Waals surface area contributed by atoms with Gasteiger partial charge in [0, 0.05) is 44.7 Å². The highest BCUT2D eigenvalue weighted by atomic mass is 35.5. The Hall–Kier alpha value is -1.75. The zero-order chi connectivity index (χ0) is 19.3. The maximum absolute atomic E-state index is 12.9. The van der Waals surface area contributed by atoms with Crippen molar-refractivity contribution < 1.29 is 18.1 Å². The van der Waals surface area contributed by atoms with E-state index in [1.807, 2.05) is 7.05 Å². The predicted octanol–water partition coefficient (Wildman–Crippen LogP) is 1.16. The van der Waals surface area contributed by atoms with E-state index < -0.39 is 14.9 Å². The maximum atomic E-state index is 12.9. The number of hydrogen-bond donors (Lipinski definition) is 1. The Bertz CT molecular complexity index is 779. The van der Waals surface area contributed by atoms with Gasteiger partial charge in [0.25, 0.3) is 5.69 Å². The fourth-order valence-electron chi connectivity index (χ4n) is 2.87. The number of nitrogens with zero attached hydrogens (tertiary/aromatic N) is 3. The third-order valence-electron chi connectivity index (χ3n) is 4.41. The van der Waals surface area contributed by atoms with Gasteiger partial charge in [0.1, 0.15) is 0 Å². The van der Waals surface area contributed by atoms with E-state index in [1.165, 1.54) is 16.4 Å². The largest absolute Gasteiger partial charge is 0.340 e. The average Bonchev–Trinajstić information content (AvgIpc) is 2.62. The topological polar surface area (TPSA) is 113 Å². The predicted molar refractivity (Wildman–Crippen MR) is 104 cm³/mol. The van der Waals surface area contributed by atoms with Crippen molar-refractivity contribution in [1.82, 2.24) is 14.5 Å². The van der Waals surface area contributed by atoms with Crippen LogP contribution in [0.1, 0.15) is 18.4 Å². The minimum Gasteiger partial charge on any atom is -0.340 e. The molecule has 1 aromatic rings. The van der Waals surface area contributed by atoms with Gasteiger partial charge in [-0.1, -0.05) is 6.07 Å². The van der Waals surface area contributed by atoms with E-state index in [4.69, 9.17) is 0 Å². The molecule has 0 radical (unpaired) electrons. The number of sulfonamides is 1. The number of nitro benzene ring substituents is 1. The van der Waals surface area contributed by atoms with Crippen LogP contribution in [0.5, 0.6) is 0 Å². The molecular formula is C16H25ClN4O5S. The molecule has 0 atom stereocenters. The summed E-state index contributed by atoms with van der Waals surface area (Å²) >= 11 is 0. The lowest BCUT2D eigenvalue weighted by atomic mass is 10.2. The Morgan fingerprint density at radius 1 is 1.26 bits per heavy atom. The Kier molecular flexibility index (Phi) is 8.60. The molecule has 1 fully saturated rings. The van der Waals surface area contributed by atoms with Gasteiger partial charge < -0.3 is 10.2 Å². The molecule has 152 valence electrons. The number of nitro groups is 1. The molecule has 0 spiro atoms. The molecule has 0 saturated carbocycles. The van der Waals surface area contributed by atoms with Crippen LogP contribution in [-0.4, -0.2) is 68.2 Å². The van der Waals surface area contributed by atoms with Crippen molar-refractivity contribution in [2.45, 2.75) is 24.7 Å².